The second-order valence-electron chi connectivity index (χ2n) is 6.35. The van der Waals surface area contributed by atoms with Gasteiger partial charge in [0.25, 0.3) is 0 Å². The number of benzene rings is 1. The van der Waals surface area contributed by atoms with Crippen LogP contribution in [-0.4, -0.2) is 15.0 Å². The molecule has 136 valence electrons. The summed E-state index contributed by atoms with van der Waals surface area (Å²) in [4.78, 5) is 13.3. The Hall–Kier alpha value is -5.10. The molecule has 0 N–H and O–H groups in total. The smallest absolute Gasteiger partial charge is 0.159 e. The maximum absolute atomic E-state index is 9.53. The fraction of sp³-hybridized carbons (Fsp3) is 0.0909. The fourth-order valence-corrected chi connectivity index (χ4v) is 3.44. The van der Waals surface area contributed by atoms with Gasteiger partial charge >= 0.3 is 0 Å². The van der Waals surface area contributed by atoms with Gasteiger partial charge < -0.3 is 0 Å². The standard InChI is InChI=1S/C22H8N8/c1-2-17-11(6-23)5-16-20-14(3-12(7-24)18(9-26)29-20)15-4-13(8-25)19(10-27)30-21(15)22(16)28-17/h3-5H,2H2,1H3. The van der Waals surface area contributed by atoms with Crippen LogP contribution in [0.15, 0.2) is 18.2 Å². The first-order valence-corrected chi connectivity index (χ1v) is 8.75. The molecule has 0 saturated carbocycles. The normalized spacial score (nSPS) is 10.1. The van der Waals surface area contributed by atoms with E-state index in [9.17, 15) is 26.3 Å². The number of nitriles is 5. The second kappa shape index (κ2) is 6.81. The largest absolute Gasteiger partial charge is 0.249 e. The minimum absolute atomic E-state index is 0.0445. The summed E-state index contributed by atoms with van der Waals surface area (Å²) in [5.41, 5.74) is 2.13. The van der Waals surface area contributed by atoms with Crippen molar-refractivity contribution < 1.29 is 0 Å². The zero-order valence-corrected chi connectivity index (χ0v) is 15.5. The molecule has 0 aliphatic rings. The Morgan fingerprint density at radius 1 is 0.600 bits per heavy atom. The van der Waals surface area contributed by atoms with Crippen LogP contribution in [0.4, 0.5) is 0 Å². The molecule has 3 heterocycles. The van der Waals surface area contributed by atoms with Crippen LogP contribution in [0.3, 0.4) is 0 Å². The topological polar surface area (TPSA) is 158 Å². The summed E-state index contributed by atoms with van der Waals surface area (Å²) in [5.74, 6) is 0. The molecule has 0 unspecified atom stereocenters. The van der Waals surface area contributed by atoms with Crippen molar-refractivity contribution in [2.45, 2.75) is 13.3 Å². The first-order chi connectivity index (χ1) is 14.6. The molecule has 0 saturated heterocycles. The number of rotatable bonds is 1. The Labute approximate surface area is 170 Å². The average Bonchev–Trinajstić information content (AvgIpc) is 2.81. The maximum atomic E-state index is 9.53. The van der Waals surface area contributed by atoms with Gasteiger partial charge in [-0.25, -0.2) is 15.0 Å². The van der Waals surface area contributed by atoms with Crippen LogP contribution < -0.4 is 0 Å². The van der Waals surface area contributed by atoms with Gasteiger partial charge in [-0.1, -0.05) is 6.92 Å². The van der Waals surface area contributed by atoms with E-state index < -0.39 is 0 Å². The predicted molar refractivity (Wildman–Crippen MR) is 105 cm³/mol. The third-order valence-electron chi connectivity index (χ3n) is 4.82. The lowest BCUT2D eigenvalue weighted by molar-refractivity contribution is 1.05. The summed E-state index contributed by atoms with van der Waals surface area (Å²) in [6, 6.07) is 14.5. The lowest BCUT2D eigenvalue weighted by Crippen LogP contribution is -2.01. The van der Waals surface area contributed by atoms with Crippen LogP contribution >= 0.6 is 0 Å². The van der Waals surface area contributed by atoms with Crippen molar-refractivity contribution in [1.82, 2.24) is 15.0 Å². The fourth-order valence-electron chi connectivity index (χ4n) is 3.44. The summed E-state index contributed by atoms with van der Waals surface area (Å²) in [7, 11) is 0. The van der Waals surface area contributed by atoms with Gasteiger partial charge in [0.2, 0.25) is 0 Å². The number of nitrogens with zero attached hydrogens (tertiary/aromatic N) is 8. The first kappa shape index (κ1) is 18.3. The first-order valence-electron chi connectivity index (χ1n) is 8.75. The molecule has 8 heteroatoms. The molecule has 0 atom stereocenters. The maximum Gasteiger partial charge on any atom is 0.159 e. The van der Waals surface area contributed by atoms with Gasteiger partial charge in [-0.2, -0.15) is 26.3 Å². The predicted octanol–water partition coefficient (Wildman–Crippen LogP) is 3.25. The minimum Gasteiger partial charge on any atom is -0.249 e. The van der Waals surface area contributed by atoms with Crippen molar-refractivity contribution in [3.63, 3.8) is 0 Å². The Balaban J connectivity index is 2.40. The zero-order valence-electron chi connectivity index (χ0n) is 15.5. The van der Waals surface area contributed by atoms with Gasteiger partial charge in [-0.3, -0.25) is 0 Å². The number of pyridine rings is 3. The SMILES string of the molecule is CCc1nc2c(cc1C#N)c1nc(C#N)c(C#N)cc1c1cc(C#N)c(C#N)nc12. The van der Waals surface area contributed by atoms with Crippen LogP contribution in [0.25, 0.3) is 32.7 Å². The van der Waals surface area contributed by atoms with Crippen molar-refractivity contribution in [2.75, 3.05) is 0 Å². The van der Waals surface area contributed by atoms with E-state index in [0.717, 1.165) is 0 Å². The van der Waals surface area contributed by atoms with E-state index in [1.54, 1.807) is 6.07 Å². The van der Waals surface area contributed by atoms with Crippen LogP contribution in [0.1, 0.15) is 40.7 Å². The molecule has 0 fully saturated rings. The number of fused-ring (bicyclic) bond motifs is 6. The summed E-state index contributed by atoms with van der Waals surface area (Å²) in [6.07, 6.45) is 0.504. The van der Waals surface area contributed by atoms with E-state index in [4.69, 9.17) is 0 Å². The summed E-state index contributed by atoms with van der Waals surface area (Å²) in [6.45, 7) is 1.87. The van der Waals surface area contributed by atoms with E-state index in [2.05, 4.69) is 21.0 Å². The molecule has 1 aromatic carbocycles. The molecule has 0 spiro atoms. The quantitative estimate of drug-likeness (QED) is 0.452. The summed E-state index contributed by atoms with van der Waals surface area (Å²) in [5, 5.41) is 48.6. The van der Waals surface area contributed by atoms with Crippen LogP contribution in [0.5, 0.6) is 0 Å². The van der Waals surface area contributed by atoms with Gasteiger partial charge in [0, 0.05) is 16.2 Å². The molecular formula is C22H8N8. The molecule has 8 nitrogen and oxygen atoms in total. The third kappa shape index (κ3) is 2.45. The number of aryl methyl sites for hydroxylation is 1. The molecule has 0 aliphatic carbocycles. The highest BCUT2D eigenvalue weighted by atomic mass is 14.8. The van der Waals surface area contributed by atoms with Gasteiger partial charge in [-0.15, -0.1) is 0 Å². The van der Waals surface area contributed by atoms with Crippen LogP contribution in [0.2, 0.25) is 0 Å². The van der Waals surface area contributed by atoms with Crippen molar-refractivity contribution in [2.24, 2.45) is 0 Å². The highest BCUT2D eigenvalue weighted by Crippen LogP contribution is 2.35. The number of hydrogen-bond acceptors (Lipinski definition) is 8. The van der Waals surface area contributed by atoms with E-state index in [1.165, 1.54) is 12.1 Å². The van der Waals surface area contributed by atoms with E-state index >= 15 is 0 Å². The molecule has 4 aromatic rings. The Kier molecular flexibility index (Phi) is 4.15. The van der Waals surface area contributed by atoms with Gasteiger partial charge in [0.05, 0.1) is 38.9 Å². The van der Waals surface area contributed by atoms with Gasteiger partial charge in [0.15, 0.2) is 11.4 Å². The van der Waals surface area contributed by atoms with Crippen LogP contribution in [0, 0.1) is 56.7 Å². The van der Waals surface area contributed by atoms with Crippen molar-refractivity contribution in [3.8, 4) is 30.3 Å². The van der Waals surface area contributed by atoms with Crippen molar-refractivity contribution >= 4 is 32.7 Å². The Morgan fingerprint density at radius 3 is 1.57 bits per heavy atom. The highest BCUT2D eigenvalue weighted by molar-refractivity contribution is 6.22. The Morgan fingerprint density at radius 2 is 1.07 bits per heavy atom. The van der Waals surface area contributed by atoms with Crippen molar-refractivity contribution in [1.29, 1.82) is 26.3 Å². The molecule has 0 bridgehead atoms. The minimum atomic E-state index is -0.0502. The molecule has 0 aliphatic heterocycles. The van der Waals surface area contributed by atoms with Crippen LogP contribution in [-0.2, 0) is 6.42 Å². The van der Waals surface area contributed by atoms with Crippen molar-refractivity contribution in [3.05, 3.63) is 52.0 Å². The molecule has 0 radical (unpaired) electrons. The lowest BCUT2D eigenvalue weighted by atomic mass is 9.98. The molecule has 30 heavy (non-hydrogen) atoms. The molecular weight excluding hydrogens is 376 g/mol. The number of aromatic nitrogens is 3. The summed E-state index contributed by atoms with van der Waals surface area (Å²) < 4.78 is 0. The zero-order chi connectivity index (χ0) is 21.4. The van der Waals surface area contributed by atoms with Gasteiger partial charge in [0.1, 0.15) is 30.3 Å². The van der Waals surface area contributed by atoms with E-state index in [1.807, 2.05) is 31.2 Å². The lowest BCUT2D eigenvalue weighted by Gasteiger charge is -2.12. The number of hydrogen-bond donors (Lipinski definition) is 0. The third-order valence-corrected chi connectivity index (χ3v) is 4.82. The van der Waals surface area contributed by atoms with Gasteiger partial charge in [-0.05, 0) is 24.6 Å². The summed E-state index contributed by atoms with van der Waals surface area (Å²) >= 11 is 0. The van der Waals surface area contributed by atoms with E-state index in [-0.39, 0.29) is 22.5 Å². The monoisotopic (exact) mass is 384 g/mol. The Bertz CT molecular complexity index is 1580. The molecule has 3 aromatic heterocycles. The highest BCUT2D eigenvalue weighted by Gasteiger charge is 2.19. The second-order valence-corrected chi connectivity index (χ2v) is 6.35. The molecule has 0 amide bonds. The average molecular weight is 384 g/mol. The molecule has 4 rings (SSSR count). The van der Waals surface area contributed by atoms with E-state index in [0.29, 0.717) is 50.4 Å².